The van der Waals surface area contributed by atoms with Crippen LogP contribution in [0.25, 0.3) is 32.3 Å². The minimum absolute atomic E-state index is 0. The Kier molecular flexibility index (Phi) is 16.3. The molecule has 1 radical (unpaired) electrons. The largest absolute Gasteiger partial charge is 3.00 e. The smallest absolute Gasteiger partial charge is 0.871 e. The number of non-ortho nitro benzene ring substituents is 1. The number of rotatable bonds is 8. The van der Waals surface area contributed by atoms with Gasteiger partial charge in [0.2, 0.25) is 0 Å². The number of nitro benzene ring substituents is 3. The van der Waals surface area contributed by atoms with Gasteiger partial charge < -0.3 is 25.0 Å². The van der Waals surface area contributed by atoms with Crippen LogP contribution in [0.1, 0.15) is 0 Å². The van der Waals surface area contributed by atoms with E-state index in [2.05, 4.69) is 20.5 Å². The summed E-state index contributed by atoms with van der Waals surface area (Å²) in [5.74, 6) is -2.72. The van der Waals surface area contributed by atoms with Crippen molar-refractivity contribution in [2.75, 3.05) is 0 Å². The summed E-state index contributed by atoms with van der Waals surface area (Å²) in [6.07, 6.45) is 0. The van der Waals surface area contributed by atoms with E-state index in [4.69, 9.17) is 0 Å². The Balaban J connectivity index is 0.000000309. The van der Waals surface area contributed by atoms with Crippen LogP contribution in [0, 0.1) is 30.3 Å². The molecule has 0 aliphatic heterocycles. The maximum Gasteiger partial charge on any atom is 3.00 e. The van der Waals surface area contributed by atoms with Gasteiger partial charge in [0.1, 0.15) is 15.0 Å². The average molecular weight is 887 g/mol. The second-order valence-electron chi connectivity index (χ2n) is 11.6. The third-order valence-electron chi connectivity index (χ3n) is 8.19. The van der Waals surface area contributed by atoms with Gasteiger partial charge in [-0.15, -0.1) is 0 Å². The summed E-state index contributed by atoms with van der Waals surface area (Å²) in [4.78, 5) is 29.0. The SMILES string of the molecule is O=[N+]([O-])c1cc(N=Nc2c([O-])ccc3ccccc23)c([O-])c([N+](=O)[O-])c1.O=[N+]([O-])c1ccc2c(N=Nc3c([O-])ccc4ccccc34)c([O-])ccc2c1S(=O)(=O)[O-].[Cr+3].[Na+].[Na+]. The van der Waals surface area contributed by atoms with Gasteiger partial charge in [-0.3, -0.25) is 30.3 Å². The van der Waals surface area contributed by atoms with Crippen LogP contribution >= 0.6 is 0 Å². The molecule has 0 spiro atoms. The van der Waals surface area contributed by atoms with Crippen molar-refractivity contribution < 1.29 is 125 Å². The fraction of sp³-hybridized carbons (Fsp3) is 0. The van der Waals surface area contributed by atoms with E-state index in [0.29, 0.717) is 27.6 Å². The fourth-order valence-electron chi connectivity index (χ4n) is 5.62. The summed E-state index contributed by atoms with van der Waals surface area (Å²) >= 11 is 0. The van der Waals surface area contributed by atoms with Crippen LogP contribution in [0.4, 0.5) is 39.8 Å². The molecule has 0 saturated heterocycles. The average Bonchev–Trinajstić information content (AvgIpc) is 3.17. The molecule has 0 N–H and O–H groups in total. The Morgan fingerprint density at radius 2 is 0.917 bits per heavy atom. The fourth-order valence-corrected chi connectivity index (χ4v) is 6.47. The summed E-state index contributed by atoms with van der Waals surface area (Å²) in [5.41, 5.74) is -3.65. The van der Waals surface area contributed by atoms with Gasteiger partial charge in [-0.25, -0.2) is 8.42 Å². The maximum atomic E-state index is 12.4. The normalized spacial score (nSPS) is 11.0. The molecule has 0 aliphatic carbocycles. The van der Waals surface area contributed by atoms with Crippen LogP contribution in [-0.4, -0.2) is 27.7 Å². The Bertz CT molecular complexity index is 3010. The minimum atomic E-state index is -5.25. The van der Waals surface area contributed by atoms with Crippen molar-refractivity contribution in [2.24, 2.45) is 20.5 Å². The van der Waals surface area contributed by atoms with E-state index >= 15 is 0 Å². The van der Waals surface area contributed by atoms with Crippen molar-refractivity contribution in [3.8, 4) is 23.0 Å². The molecule has 289 valence electrons. The molecule has 20 nitrogen and oxygen atoms in total. The van der Waals surface area contributed by atoms with E-state index in [1.807, 2.05) is 0 Å². The van der Waals surface area contributed by atoms with E-state index in [-0.39, 0.29) is 104 Å². The Morgan fingerprint density at radius 1 is 0.483 bits per heavy atom. The molecule has 0 amide bonds. The molecule has 0 unspecified atom stereocenters. The van der Waals surface area contributed by atoms with Gasteiger partial charge in [-0.2, -0.15) is 20.5 Å². The zero-order valence-electron chi connectivity index (χ0n) is 30.6. The molecule has 0 saturated carbocycles. The van der Waals surface area contributed by atoms with Crippen molar-refractivity contribution in [2.45, 2.75) is 4.90 Å². The Hall–Kier alpha value is -5.64. The van der Waals surface area contributed by atoms with E-state index in [1.165, 1.54) is 12.1 Å². The summed E-state index contributed by atoms with van der Waals surface area (Å²) in [7, 11) is -5.25. The molecule has 0 aromatic heterocycles. The maximum absolute atomic E-state index is 12.4. The van der Waals surface area contributed by atoms with Crippen molar-refractivity contribution in [1.82, 2.24) is 0 Å². The third-order valence-corrected chi connectivity index (χ3v) is 9.12. The van der Waals surface area contributed by atoms with Crippen molar-refractivity contribution in [1.29, 1.82) is 0 Å². The molecule has 24 heteroatoms. The predicted molar refractivity (Wildman–Crippen MR) is 192 cm³/mol. The number of benzene rings is 7. The van der Waals surface area contributed by atoms with Gasteiger partial charge in [-0.05, 0) is 16.8 Å². The number of azo groups is 2. The summed E-state index contributed by atoms with van der Waals surface area (Å²) in [5, 5.41) is 98.8. The van der Waals surface area contributed by atoms with Crippen molar-refractivity contribution in [3.63, 3.8) is 0 Å². The molecule has 0 aliphatic rings. The van der Waals surface area contributed by atoms with Gasteiger partial charge in [-0.1, -0.05) is 102 Å². The van der Waals surface area contributed by atoms with Gasteiger partial charge in [0.05, 0.1) is 43.6 Å². The summed E-state index contributed by atoms with van der Waals surface area (Å²) < 4.78 is 35.1. The molecule has 7 aromatic carbocycles. The minimum Gasteiger partial charge on any atom is -0.871 e. The molecular formula is C36H18CrN7Na2O13S. The predicted octanol–water partition coefficient (Wildman–Crippen LogP) is 0.592. The van der Waals surface area contributed by atoms with Gasteiger partial charge >= 0.3 is 76.5 Å². The van der Waals surface area contributed by atoms with Crippen LogP contribution in [-0.2, 0) is 27.5 Å². The second-order valence-corrected chi connectivity index (χ2v) is 12.9. The molecular weight excluding hydrogens is 868 g/mol. The monoisotopic (exact) mass is 886 g/mol. The number of hydrogen-bond donors (Lipinski definition) is 0. The van der Waals surface area contributed by atoms with E-state index < -0.39 is 75.5 Å². The van der Waals surface area contributed by atoms with Crippen LogP contribution in [0.2, 0.25) is 0 Å². The molecule has 7 aromatic rings. The molecule has 0 heterocycles. The number of nitro groups is 3. The molecule has 0 atom stereocenters. The zero-order valence-corrected chi connectivity index (χ0v) is 36.7. The number of fused-ring (bicyclic) bond motifs is 3. The topological polar surface area (TPSA) is 328 Å². The Labute approximate surface area is 391 Å². The van der Waals surface area contributed by atoms with Crippen LogP contribution in [0.5, 0.6) is 23.0 Å². The molecule has 60 heavy (non-hydrogen) atoms. The van der Waals surface area contributed by atoms with E-state index in [1.54, 1.807) is 60.7 Å². The van der Waals surface area contributed by atoms with Crippen molar-refractivity contribution >= 4 is 82.2 Å². The van der Waals surface area contributed by atoms with Crippen LogP contribution in [0.3, 0.4) is 0 Å². The summed E-state index contributed by atoms with van der Waals surface area (Å²) in [6.45, 7) is 0. The first-order valence-corrected chi connectivity index (χ1v) is 17.2. The summed E-state index contributed by atoms with van der Waals surface area (Å²) in [6, 6.07) is 24.6. The number of hydrogen-bond acceptors (Lipinski definition) is 17. The van der Waals surface area contributed by atoms with E-state index in [0.717, 1.165) is 30.3 Å². The number of nitrogens with zero attached hydrogens (tertiary/aromatic N) is 7. The third kappa shape index (κ3) is 10.2. The second kappa shape index (κ2) is 20.1. The van der Waals surface area contributed by atoms with Crippen LogP contribution < -0.4 is 79.5 Å². The first-order chi connectivity index (χ1) is 27.1. The first kappa shape index (κ1) is 48.7. The standard InChI is InChI=1S/C20H13N3O7S.C16H10N4O6.Cr.2Na/c24-16-9-5-11-3-1-2-4-12(11)18(16)21-22-19-13-6-8-15(23(26)27)20(31(28,29)30)14(13)7-10-17(19)25;21-14-6-5-9-3-1-2-4-11(9)15(14)18-17-12-7-10(19(23)24)8-13(16(12)22)20(25)26;;;/h1-10,24-25H,(H,28,29,30);1-8,21-22H;;;/q;;+3;2*+1/p-5. The van der Waals surface area contributed by atoms with Gasteiger partial charge in [0.15, 0.2) is 0 Å². The quantitative estimate of drug-likeness (QED) is 0.0664. The zero-order chi connectivity index (χ0) is 41.2. The molecule has 0 bridgehead atoms. The van der Waals surface area contributed by atoms with Crippen molar-refractivity contribution in [3.05, 3.63) is 140 Å². The molecule has 7 rings (SSSR count). The molecule has 0 fully saturated rings. The van der Waals surface area contributed by atoms with E-state index in [9.17, 15) is 63.7 Å². The Morgan fingerprint density at radius 3 is 1.38 bits per heavy atom. The first-order valence-electron chi connectivity index (χ1n) is 15.8. The van der Waals surface area contributed by atoms with Gasteiger partial charge in [0, 0.05) is 39.4 Å². The van der Waals surface area contributed by atoms with Crippen LogP contribution in [0.15, 0.2) is 135 Å². The van der Waals surface area contributed by atoms with Gasteiger partial charge in [0.25, 0.3) is 17.1 Å².